The Morgan fingerprint density at radius 3 is 1.80 bits per heavy atom. The fourth-order valence-corrected chi connectivity index (χ4v) is 0. The molecule has 0 aliphatic heterocycles. The van der Waals surface area contributed by atoms with E-state index in [4.69, 9.17) is 5.11 Å². The van der Waals surface area contributed by atoms with Gasteiger partial charge >= 0.3 is 0 Å². The van der Waals surface area contributed by atoms with Gasteiger partial charge in [0.1, 0.15) is 0 Å². The van der Waals surface area contributed by atoms with E-state index in [0.29, 0.717) is 0 Å². The Morgan fingerprint density at radius 1 is 1.80 bits per heavy atom. The van der Waals surface area contributed by atoms with E-state index in [1.807, 2.05) is 0 Å². The van der Waals surface area contributed by atoms with Crippen LogP contribution in [-0.4, -0.2) is 10.3 Å². The number of hydrogen-bond donors (Lipinski definition) is 2. The van der Waals surface area contributed by atoms with Gasteiger partial charge in [0.15, 0.2) is 0 Å². The summed E-state index contributed by atoms with van der Waals surface area (Å²) in [6.45, 7) is 0. The molecule has 0 amide bonds. The van der Waals surface area contributed by atoms with E-state index in [-0.39, 0.29) is 17.1 Å². The fraction of sp³-hybridized carbons (Fsp3) is 0. The van der Waals surface area contributed by atoms with Crippen molar-refractivity contribution in [2.45, 2.75) is 0 Å². The smallest absolute Gasteiger partial charge is 0.251 e. The summed E-state index contributed by atoms with van der Waals surface area (Å²) in [7, 11) is 0. The van der Waals surface area contributed by atoms with Crippen molar-refractivity contribution in [3.05, 3.63) is 0 Å². The molecule has 0 rings (SSSR count). The minimum absolute atomic E-state index is 0. The first-order chi connectivity index (χ1) is 1.73. The van der Waals surface area contributed by atoms with Crippen LogP contribution in [0.3, 0.4) is 0 Å². The van der Waals surface area contributed by atoms with Crippen molar-refractivity contribution in [3.63, 3.8) is 0 Å². The van der Waals surface area contributed by atoms with Gasteiger partial charge in [0.25, 0.3) is 5.17 Å². The van der Waals surface area contributed by atoms with E-state index < -0.39 is 5.17 Å². The van der Waals surface area contributed by atoms with E-state index in [9.17, 15) is 0 Å². The van der Waals surface area contributed by atoms with Crippen LogP contribution < -0.4 is 5.73 Å². The Kier molecular flexibility index (Phi) is 7.54. The maximum atomic E-state index is 7.56. The molecular formula is CH3MnNOS. The topological polar surface area (TPSA) is 46.2 Å². The predicted octanol–water partition coefficient (Wildman–Crippen LogP) is -0.214. The number of rotatable bonds is 0. The third kappa shape index (κ3) is 468. The molecule has 3 N–H and O–H groups in total. The summed E-state index contributed by atoms with van der Waals surface area (Å²) < 4.78 is 0. The number of aliphatic hydroxyl groups excluding tert-OH is 1. The van der Waals surface area contributed by atoms with E-state index >= 15 is 0 Å². The Morgan fingerprint density at radius 2 is 1.80 bits per heavy atom. The minimum Gasteiger partial charge on any atom is -0.487 e. The van der Waals surface area contributed by atoms with E-state index in [1.165, 1.54) is 0 Å². The molecule has 0 saturated carbocycles. The summed E-state index contributed by atoms with van der Waals surface area (Å²) in [4.78, 5) is 0. The van der Waals surface area contributed by atoms with Crippen LogP contribution in [-0.2, 0) is 17.1 Å². The van der Waals surface area contributed by atoms with Gasteiger partial charge in [0.05, 0.1) is 0 Å². The summed E-state index contributed by atoms with van der Waals surface area (Å²) >= 11 is 3.87. The first kappa shape index (κ1) is 8.96. The Labute approximate surface area is 45.8 Å². The van der Waals surface area contributed by atoms with Gasteiger partial charge in [0, 0.05) is 17.1 Å². The predicted molar refractivity (Wildman–Crippen MR) is 19.4 cm³/mol. The molecular weight excluding hydrogens is 129 g/mol. The quantitative estimate of drug-likeness (QED) is 0.354. The third-order valence-electron chi connectivity index (χ3n) is 0. The molecule has 0 saturated heterocycles. The van der Waals surface area contributed by atoms with Crippen molar-refractivity contribution < 1.29 is 22.2 Å². The monoisotopic (exact) mass is 132 g/mol. The third-order valence-corrected chi connectivity index (χ3v) is 0. The van der Waals surface area contributed by atoms with Gasteiger partial charge < -0.3 is 10.8 Å². The van der Waals surface area contributed by atoms with Crippen LogP contribution in [0.2, 0.25) is 0 Å². The van der Waals surface area contributed by atoms with Crippen LogP contribution in [0.15, 0.2) is 0 Å². The zero-order chi connectivity index (χ0) is 3.58. The molecule has 0 heterocycles. The molecule has 0 aliphatic rings. The largest absolute Gasteiger partial charge is 0.487 e. The molecule has 0 bridgehead atoms. The Balaban J connectivity index is 0. The van der Waals surface area contributed by atoms with Crippen molar-refractivity contribution in [1.82, 2.24) is 0 Å². The summed E-state index contributed by atoms with van der Waals surface area (Å²) in [6.07, 6.45) is 0. The zero-order valence-corrected chi connectivity index (χ0v) is 4.31. The van der Waals surface area contributed by atoms with Gasteiger partial charge in [-0.1, -0.05) is 0 Å². The van der Waals surface area contributed by atoms with Crippen molar-refractivity contribution in [1.29, 1.82) is 0 Å². The fourth-order valence-electron chi connectivity index (χ4n) is 0. The van der Waals surface area contributed by atoms with Crippen LogP contribution in [0.5, 0.6) is 0 Å². The molecule has 0 aromatic rings. The molecule has 4 heteroatoms. The summed E-state index contributed by atoms with van der Waals surface area (Å²) in [5.74, 6) is 0. The minimum atomic E-state index is -0.500. The molecule has 0 aromatic heterocycles. The summed E-state index contributed by atoms with van der Waals surface area (Å²) in [6, 6.07) is 0. The van der Waals surface area contributed by atoms with Gasteiger partial charge in [-0.05, 0) is 12.2 Å². The van der Waals surface area contributed by atoms with Crippen LogP contribution in [0.4, 0.5) is 0 Å². The maximum absolute atomic E-state index is 7.56. The normalized spacial score (nSPS) is 4.80. The van der Waals surface area contributed by atoms with Gasteiger partial charge in [-0.3, -0.25) is 0 Å². The number of hydrogen-bond acceptors (Lipinski definition) is 1. The van der Waals surface area contributed by atoms with Gasteiger partial charge in [-0.15, -0.1) is 0 Å². The van der Waals surface area contributed by atoms with Gasteiger partial charge in [0.2, 0.25) is 0 Å². The van der Waals surface area contributed by atoms with Crippen LogP contribution >= 0.6 is 12.2 Å². The zero-order valence-electron chi connectivity index (χ0n) is 2.31. The van der Waals surface area contributed by atoms with Crippen molar-refractivity contribution in [2.75, 3.05) is 0 Å². The molecule has 0 fully saturated rings. The molecule has 1 radical (unpaired) electrons. The maximum Gasteiger partial charge on any atom is 0.251 e. The Hall–Kier alpha value is 0.209. The SMILES string of the molecule is NC(O)=S.[Mn]. The second-order valence-electron chi connectivity index (χ2n) is 0.338. The van der Waals surface area contributed by atoms with Crippen LogP contribution in [0.25, 0.3) is 0 Å². The first-order valence-corrected chi connectivity index (χ1v) is 1.12. The first-order valence-electron chi connectivity index (χ1n) is 0.716. The number of thiocarbonyl (C=S) groups is 1. The Bertz CT molecular complexity index is 34.6. The molecule has 0 spiro atoms. The van der Waals surface area contributed by atoms with Crippen molar-refractivity contribution >= 4 is 17.4 Å². The molecule has 5 heavy (non-hydrogen) atoms. The number of aliphatic hydroxyl groups is 1. The molecule has 0 unspecified atom stereocenters. The van der Waals surface area contributed by atoms with Crippen molar-refractivity contribution in [3.8, 4) is 0 Å². The molecule has 0 atom stereocenters. The van der Waals surface area contributed by atoms with Crippen LogP contribution in [0.1, 0.15) is 0 Å². The summed E-state index contributed by atoms with van der Waals surface area (Å²) in [5, 5.41) is 7.06. The van der Waals surface area contributed by atoms with Gasteiger partial charge in [-0.2, -0.15) is 0 Å². The summed E-state index contributed by atoms with van der Waals surface area (Å²) in [5.41, 5.74) is 4.40. The molecule has 31 valence electrons. The van der Waals surface area contributed by atoms with Crippen molar-refractivity contribution in [2.24, 2.45) is 5.73 Å². The standard InChI is InChI=1S/CH3NOS.Mn/c2-1(3)4;/h(H3,2,3,4);. The average Bonchev–Trinajstić information content (AvgIpc) is 0.811. The van der Waals surface area contributed by atoms with E-state index in [0.717, 1.165) is 0 Å². The van der Waals surface area contributed by atoms with Gasteiger partial charge in [-0.25, -0.2) is 0 Å². The number of nitrogens with two attached hydrogens (primary N) is 1. The second kappa shape index (κ2) is 4.21. The molecule has 2 nitrogen and oxygen atoms in total. The average molecular weight is 132 g/mol. The van der Waals surface area contributed by atoms with Crippen LogP contribution in [0, 0.1) is 0 Å². The molecule has 0 aromatic carbocycles. The molecule has 0 aliphatic carbocycles. The van der Waals surface area contributed by atoms with E-state index in [2.05, 4.69) is 18.0 Å². The second-order valence-corrected chi connectivity index (χ2v) is 0.757. The van der Waals surface area contributed by atoms with E-state index in [1.54, 1.807) is 0 Å².